The van der Waals surface area contributed by atoms with Crippen molar-refractivity contribution >= 4 is 10.2 Å². The molecule has 0 radical (unpaired) electrons. The molecule has 118 valence electrons. The number of hydrogen-bond donors (Lipinski definition) is 1. The molecule has 2 saturated heterocycles. The first kappa shape index (κ1) is 16.2. The van der Waals surface area contributed by atoms with Crippen LogP contribution in [0.2, 0.25) is 0 Å². The van der Waals surface area contributed by atoms with E-state index in [9.17, 15) is 8.42 Å². The predicted molar refractivity (Wildman–Crippen MR) is 78.7 cm³/mol. The topological polar surface area (TPSA) is 61.9 Å². The van der Waals surface area contributed by atoms with Crippen molar-refractivity contribution in [3.8, 4) is 0 Å². The van der Waals surface area contributed by atoms with Crippen molar-refractivity contribution in [2.24, 2.45) is 5.92 Å². The summed E-state index contributed by atoms with van der Waals surface area (Å²) in [6.07, 6.45) is 3.65. The van der Waals surface area contributed by atoms with Crippen LogP contribution >= 0.6 is 0 Å². The molecule has 2 fully saturated rings. The number of hydrogen-bond acceptors (Lipinski definition) is 4. The van der Waals surface area contributed by atoms with Crippen LogP contribution in [-0.4, -0.2) is 70.0 Å². The summed E-state index contributed by atoms with van der Waals surface area (Å²) in [5, 5.41) is 3.15. The number of ether oxygens (including phenoxy) is 1. The van der Waals surface area contributed by atoms with E-state index < -0.39 is 10.2 Å². The van der Waals surface area contributed by atoms with Crippen molar-refractivity contribution < 1.29 is 13.2 Å². The van der Waals surface area contributed by atoms with E-state index in [4.69, 9.17) is 4.74 Å². The normalized spacial score (nSPS) is 27.1. The lowest BCUT2D eigenvalue weighted by Crippen LogP contribution is -2.51. The van der Waals surface area contributed by atoms with E-state index in [-0.39, 0.29) is 6.04 Å². The average Bonchev–Trinajstić information content (AvgIpc) is 2.48. The molecule has 1 atom stereocenters. The molecule has 0 aromatic carbocycles. The van der Waals surface area contributed by atoms with Gasteiger partial charge in [-0.15, -0.1) is 0 Å². The summed E-state index contributed by atoms with van der Waals surface area (Å²) in [7, 11) is 0.304. The van der Waals surface area contributed by atoms with Crippen LogP contribution < -0.4 is 5.32 Å². The van der Waals surface area contributed by atoms with Crippen LogP contribution in [0.25, 0.3) is 0 Å². The van der Waals surface area contributed by atoms with Gasteiger partial charge in [0, 0.05) is 39.4 Å². The highest BCUT2D eigenvalue weighted by Gasteiger charge is 2.35. The molecule has 0 saturated carbocycles. The monoisotopic (exact) mass is 305 g/mol. The zero-order valence-corrected chi connectivity index (χ0v) is 13.4. The first-order valence-corrected chi connectivity index (χ1v) is 8.91. The quantitative estimate of drug-likeness (QED) is 0.792. The zero-order chi connectivity index (χ0) is 14.6. The van der Waals surface area contributed by atoms with Crippen LogP contribution in [0, 0.1) is 5.92 Å². The molecule has 1 unspecified atom stereocenters. The highest BCUT2D eigenvalue weighted by Crippen LogP contribution is 2.23. The molecule has 2 heterocycles. The van der Waals surface area contributed by atoms with E-state index in [0.717, 1.165) is 32.2 Å². The van der Waals surface area contributed by atoms with Gasteiger partial charge in [-0.1, -0.05) is 0 Å². The largest absolute Gasteiger partial charge is 0.381 e. The second-order valence-electron chi connectivity index (χ2n) is 5.79. The molecular formula is C13H27N3O3S. The Bertz CT molecular complexity index is 394. The highest BCUT2D eigenvalue weighted by molar-refractivity contribution is 7.86. The van der Waals surface area contributed by atoms with Gasteiger partial charge >= 0.3 is 0 Å². The first-order chi connectivity index (χ1) is 9.55. The van der Waals surface area contributed by atoms with Gasteiger partial charge in [0.05, 0.1) is 0 Å². The molecule has 2 aliphatic rings. The van der Waals surface area contributed by atoms with E-state index >= 15 is 0 Å². The third-order valence-corrected chi connectivity index (χ3v) is 6.38. The third-order valence-electron chi connectivity index (χ3n) is 4.37. The average molecular weight is 305 g/mol. The molecule has 0 aliphatic carbocycles. The van der Waals surface area contributed by atoms with Gasteiger partial charge in [0.2, 0.25) is 0 Å². The molecule has 0 spiro atoms. The van der Waals surface area contributed by atoms with Crippen molar-refractivity contribution in [3.05, 3.63) is 0 Å². The Balaban J connectivity index is 2.00. The molecule has 6 nitrogen and oxygen atoms in total. The Morgan fingerprint density at radius 3 is 2.65 bits per heavy atom. The summed E-state index contributed by atoms with van der Waals surface area (Å²) >= 11 is 0. The van der Waals surface area contributed by atoms with Crippen LogP contribution in [0.5, 0.6) is 0 Å². The number of rotatable bonds is 5. The second kappa shape index (κ2) is 7.17. The molecule has 7 heteroatoms. The summed E-state index contributed by atoms with van der Waals surface area (Å²) in [6.45, 7) is 3.49. The minimum Gasteiger partial charge on any atom is -0.381 e. The molecular weight excluding hydrogens is 278 g/mol. The van der Waals surface area contributed by atoms with E-state index in [1.165, 1.54) is 0 Å². The maximum Gasteiger partial charge on any atom is 0.281 e. The second-order valence-corrected chi connectivity index (χ2v) is 7.78. The van der Waals surface area contributed by atoms with Crippen LogP contribution in [0.15, 0.2) is 0 Å². The SMILES string of the molecule is CNCC1CCCN(S(=O)(=O)N(C)C2CCOCC2)C1. The minimum atomic E-state index is -3.33. The van der Waals surface area contributed by atoms with Gasteiger partial charge < -0.3 is 10.1 Å². The maximum absolute atomic E-state index is 12.7. The molecule has 1 N–H and O–H groups in total. The van der Waals surface area contributed by atoms with Crippen molar-refractivity contribution in [3.63, 3.8) is 0 Å². The Morgan fingerprint density at radius 2 is 2.00 bits per heavy atom. The highest BCUT2D eigenvalue weighted by atomic mass is 32.2. The van der Waals surface area contributed by atoms with E-state index in [1.807, 2.05) is 7.05 Å². The number of nitrogens with one attached hydrogen (secondary N) is 1. The molecule has 20 heavy (non-hydrogen) atoms. The van der Waals surface area contributed by atoms with Gasteiger partial charge in [0.25, 0.3) is 10.2 Å². The van der Waals surface area contributed by atoms with Crippen LogP contribution in [0.4, 0.5) is 0 Å². The summed E-state index contributed by atoms with van der Waals surface area (Å²) in [5.74, 6) is 0.423. The molecule has 0 amide bonds. The van der Waals surface area contributed by atoms with Crippen molar-refractivity contribution in [1.82, 2.24) is 13.9 Å². The standard InChI is InChI=1S/C13H27N3O3S/c1-14-10-12-4-3-7-16(11-12)20(17,18)15(2)13-5-8-19-9-6-13/h12-14H,3-11H2,1-2H3. The lowest BCUT2D eigenvalue weighted by Gasteiger charge is -2.38. The summed E-state index contributed by atoms with van der Waals surface area (Å²) in [4.78, 5) is 0. The van der Waals surface area contributed by atoms with Gasteiger partial charge in [-0.2, -0.15) is 17.0 Å². The smallest absolute Gasteiger partial charge is 0.281 e. The Kier molecular flexibility index (Phi) is 5.80. The fourth-order valence-corrected chi connectivity index (χ4v) is 4.82. The van der Waals surface area contributed by atoms with Crippen molar-refractivity contribution in [2.75, 3.05) is 46.9 Å². The Hall–Kier alpha value is -0.210. The number of piperidine rings is 1. The molecule has 2 rings (SSSR count). The van der Waals surface area contributed by atoms with Gasteiger partial charge in [-0.05, 0) is 45.2 Å². The summed E-state index contributed by atoms with van der Waals surface area (Å²) < 4.78 is 34.0. The van der Waals surface area contributed by atoms with Crippen LogP contribution in [-0.2, 0) is 14.9 Å². The summed E-state index contributed by atoms with van der Waals surface area (Å²) in [5.41, 5.74) is 0. The lowest BCUT2D eigenvalue weighted by atomic mass is 10.00. The van der Waals surface area contributed by atoms with Gasteiger partial charge in [-0.25, -0.2) is 0 Å². The lowest BCUT2D eigenvalue weighted by molar-refractivity contribution is 0.0613. The third kappa shape index (κ3) is 3.71. The van der Waals surface area contributed by atoms with E-state index in [0.29, 0.717) is 32.2 Å². The van der Waals surface area contributed by atoms with Gasteiger partial charge in [0.1, 0.15) is 0 Å². The van der Waals surface area contributed by atoms with Crippen molar-refractivity contribution in [1.29, 1.82) is 0 Å². The van der Waals surface area contributed by atoms with Crippen LogP contribution in [0.3, 0.4) is 0 Å². The molecule has 0 aromatic rings. The van der Waals surface area contributed by atoms with E-state index in [2.05, 4.69) is 5.32 Å². The minimum absolute atomic E-state index is 0.0819. The predicted octanol–water partition coefficient (Wildman–Crippen LogP) is 0.273. The molecule has 0 aromatic heterocycles. The maximum atomic E-state index is 12.7. The number of nitrogens with zero attached hydrogens (tertiary/aromatic N) is 2. The van der Waals surface area contributed by atoms with Crippen LogP contribution in [0.1, 0.15) is 25.7 Å². The Morgan fingerprint density at radius 1 is 1.30 bits per heavy atom. The van der Waals surface area contributed by atoms with E-state index in [1.54, 1.807) is 15.7 Å². The zero-order valence-electron chi connectivity index (χ0n) is 12.5. The van der Waals surface area contributed by atoms with Gasteiger partial charge in [0.15, 0.2) is 0 Å². The summed E-state index contributed by atoms with van der Waals surface area (Å²) in [6, 6.07) is 0.0819. The van der Waals surface area contributed by atoms with Crippen molar-refractivity contribution in [2.45, 2.75) is 31.7 Å². The fourth-order valence-electron chi connectivity index (χ4n) is 3.11. The first-order valence-electron chi connectivity index (χ1n) is 7.51. The molecule has 0 bridgehead atoms. The Labute approximate surface area is 122 Å². The van der Waals surface area contributed by atoms with Gasteiger partial charge in [-0.3, -0.25) is 0 Å². The molecule has 2 aliphatic heterocycles. The fraction of sp³-hybridized carbons (Fsp3) is 1.00.